The summed E-state index contributed by atoms with van der Waals surface area (Å²) in [5.41, 5.74) is 1.90. The largest absolute Gasteiger partial charge is 0.469 e. The molecule has 0 radical (unpaired) electrons. The number of benzene rings is 1. The molecule has 0 bridgehead atoms. The van der Waals surface area contributed by atoms with Crippen molar-refractivity contribution in [2.75, 3.05) is 43.6 Å². The molecule has 0 amide bonds. The number of methoxy groups -OCH3 is 1. The van der Waals surface area contributed by atoms with Crippen molar-refractivity contribution in [3.63, 3.8) is 0 Å². The molecule has 1 aromatic rings. The first-order valence-electron chi connectivity index (χ1n) is 6.59. The number of carbonyl (C=O) groups excluding carboxylic acids is 1. The van der Waals surface area contributed by atoms with E-state index in [0.717, 1.165) is 13.1 Å². The average Bonchev–Trinajstić information content (AvgIpc) is 2.41. The van der Waals surface area contributed by atoms with Gasteiger partial charge in [0.2, 0.25) is 0 Å². The summed E-state index contributed by atoms with van der Waals surface area (Å²) in [6, 6.07) is 8.31. The lowest BCUT2D eigenvalue weighted by Gasteiger charge is -2.40. The quantitative estimate of drug-likeness (QED) is 0.781. The minimum Gasteiger partial charge on any atom is -0.469 e. The molecule has 1 heterocycles. The van der Waals surface area contributed by atoms with Gasteiger partial charge in [0.05, 0.1) is 23.9 Å². The molecule has 0 fully saturated rings. The Morgan fingerprint density at radius 3 is 2.53 bits per heavy atom. The van der Waals surface area contributed by atoms with Crippen LogP contribution in [0.2, 0.25) is 0 Å². The summed E-state index contributed by atoms with van der Waals surface area (Å²) >= 11 is 0. The molecule has 4 heteroatoms. The Labute approximate surface area is 115 Å². The van der Waals surface area contributed by atoms with Gasteiger partial charge in [0.1, 0.15) is 0 Å². The number of carbonyl (C=O) groups is 1. The number of rotatable bonds is 3. The van der Waals surface area contributed by atoms with Crippen LogP contribution in [-0.4, -0.2) is 39.8 Å². The Bertz CT molecular complexity index is 471. The molecule has 0 aromatic heterocycles. The van der Waals surface area contributed by atoms with Crippen LogP contribution in [0.4, 0.5) is 11.4 Å². The van der Waals surface area contributed by atoms with Gasteiger partial charge in [-0.15, -0.1) is 0 Å². The zero-order chi connectivity index (χ0) is 14.0. The second-order valence-electron chi connectivity index (χ2n) is 5.71. The third kappa shape index (κ3) is 2.67. The van der Waals surface area contributed by atoms with Crippen LogP contribution in [-0.2, 0) is 9.53 Å². The molecule has 0 saturated carbocycles. The third-order valence-corrected chi connectivity index (χ3v) is 3.66. The average molecular weight is 262 g/mol. The monoisotopic (exact) mass is 262 g/mol. The van der Waals surface area contributed by atoms with Gasteiger partial charge in [-0.25, -0.2) is 0 Å². The summed E-state index contributed by atoms with van der Waals surface area (Å²) in [6.07, 6.45) is 0. The van der Waals surface area contributed by atoms with Crippen molar-refractivity contribution in [2.45, 2.75) is 13.8 Å². The highest BCUT2D eigenvalue weighted by atomic mass is 16.5. The number of hydrogen-bond acceptors (Lipinski definition) is 4. The first-order chi connectivity index (χ1) is 8.95. The van der Waals surface area contributed by atoms with Gasteiger partial charge in [-0.1, -0.05) is 12.1 Å². The maximum absolute atomic E-state index is 11.8. The molecule has 0 spiro atoms. The van der Waals surface area contributed by atoms with Crippen LogP contribution >= 0.6 is 0 Å². The fourth-order valence-electron chi connectivity index (χ4n) is 2.55. The molecule has 0 saturated heterocycles. The van der Waals surface area contributed by atoms with E-state index in [-0.39, 0.29) is 5.97 Å². The predicted octanol–water partition coefficient (Wildman–Crippen LogP) is 2.14. The lowest BCUT2D eigenvalue weighted by molar-refractivity contribution is -0.150. The minimum atomic E-state index is -0.502. The van der Waals surface area contributed by atoms with Gasteiger partial charge in [-0.2, -0.15) is 0 Å². The fourth-order valence-corrected chi connectivity index (χ4v) is 2.55. The Morgan fingerprint density at radius 2 is 1.89 bits per heavy atom. The highest BCUT2D eigenvalue weighted by Gasteiger charge is 2.33. The first kappa shape index (κ1) is 13.7. The molecular formula is C15H22N2O2. The number of nitrogens with zero attached hydrogens (tertiary/aromatic N) is 2. The number of para-hydroxylation sites is 2. The highest BCUT2D eigenvalue weighted by Crippen LogP contribution is 2.34. The maximum Gasteiger partial charge on any atom is 0.313 e. The van der Waals surface area contributed by atoms with Crippen molar-refractivity contribution in [1.29, 1.82) is 0 Å². The molecule has 104 valence electrons. The van der Waals surface area contributed by atoms with E-state index >= 15 is 0 Å². The first-order valence-corrected chi connectivity index (χ1v) is 6.59. The van der Waals surface area contributed by atoms with E-state index in [4.69, 9.17) is 4.74 Å². The van der Waals surface area contributed by atoms with Crippen LogP contribution in [0.1, 0.15) is 13.8 Å². The molecule has 19 heavy (non-hydrogen) atoms. The molecule has 4 nitrogen and oxygen atoms in total. The van der Waals surface area contributed by atoms with E-state index in [9.17, 15) is 4.79 Å². The number of esters is 1. The normalized spacial score (nSPS) is 15.2. The number of hydrogen-bond donors (Lipinski definition) is 0. The topological polar surface area (TPSA) is 32.8 Å². The van der Waals surface area contributed by atoms with Crippen molar-refractivity contribution in [3.05, 3.63) is 24.3 Å². The molecule has 1 aliphatic rings. The third-order valence-electron chi connectivity index (χ3n) is 3.66. The fraction of sp³-hybridized carbons (Fsp3) is 0.533. The SMILES string of the molecule is COC(=O)C(C)(C)CN1CCN(C)c2ccccc21. The summed E-state index contributed by atoms with van der Waals surface area (Å²) in [4.78, 5) is 16.3. The summed E-state index contributed by atoms with van der Waals surface area (Å²) in [6.45, 7) is 6.42. The standard InChI is InChI=1S/C15H22N2O2/c1-15(2,14(18)19-4)11-17-10-9-16(3)12-7-5-6-8-13(12)17/h5-8H,9-11H2,1-4H3. The van der Waals surface area contributed by atoms with Gasteiger partial charge in [0.25, 0.3) is 0 Å². The molecule has 0 aliphatic carbocycles. The number of fused-ring (bicyclic) bond motifs is 1. The second-order valence-corrected chi connectivity index (χ2v) is 5.71. The van der Waals surface area contributed by atoms with Gasteiger partial charge in [-0.05, 0) is 26.0 Å². The number of ether oxygens (including phenoxy) is 1. The summed E-state index contributed by atoms with van der Waals surface area (Å²) < 4.78 is 4.89. The van der Waals surface area contributed by atoms with Crippen molar-refractivity contribution < 1.29 is 9.53 Å². The van der Waals surface area contributed by atoms with Crippen molar-refractivity contribution in [2.24, 2.45) is 5.41 Å². The van der Waals surface area contributed by atoms with Gasteiger partial charge >= 0.3 is 5.97 Å². The molecule has 0 unspecified atom stereocenters. The minimum absolute atomic E-state index is 0.163. The van der Waals surface area contributed by atoms with Gasteiger partial charge in [-0.3, -0.25) is 4.79 Å². The molecule has 2 rings (SSSR count). The molecule has 1 aromatic carbocycles. The van der Waals surface area contributed by atoms with Crippen molar-refractivity contribution >= 4 is 17.3 Å². The van der Waals surface area contributed by atoms with Crippen LogP contribution in [0.5, 0.6) is 0 Å². The number of likely N-dealkylation sites (N-methyl/N-ethyl adjacent to an activating group) is 1. The summed E-state index contributed by atoms with van der Waals surface area (Å²) in [5.74, 6) is -0.163. The van der Waals surface area contributed by atoms with E-state index in [2.05, 4.69) is 29.0 Å². The van der Waals surface area contributed by atoms with Crippen LogP contribution in [0.15, 0.2) is 24.3 Å². The van der Waals surface area contributed by atoms with Crippen LogP contribution in [0.25, 0.3) is 0 Å². The van der Waals surface area contributed by atoms with E-state index in [1.54, 1.807) is 0 Å². The maximum atomic E-state index is 11.8. The smallest absolute Gasteiger partial charge is 0.313 e. The molecule has 1 aliphatic heterocycles. The van der Waals surface area contributed by atoms with Crippen LogP contribution in [0.3, 0.4) is 0 Å². The Morgan fingerprint density at radius 1 is 1.26 bits per heavy atom. The van der Waals surface area contributed by atoms with Crippen LogP contribution < -0.4 is 9.80 Å². The van der Waals surface area contributed by atoms with E-state index in [0.29, 0.717) is 6.54 Å². The van der Waals surface area contributed by atoms with Crippen molar-refractivity contribution in [3.8, 4) is 0 Å². The summed E-state index contributed by atoms with van der Waals surface area (Å²) in [7, 11) is 3.55. The molecule has 0 N–H and O–H groups in total. The Kier molecular flexibility index (Phi) is 3.69. The lowest BCUT2D eigenvalue weighted by atomic mass is 9.92. The second kappa shape index (κ2) is 5.11. The van der Waals surface area contributed by atoms with E-state index < -0.39 is 5.41 Å². The summed E-state index contributed by atoms with van der Waals surface area (Å²) in [5, 5.41) is 0. The van der Waals surface area contributed by atoms with Gasteiger partial charge < -0.3 is 14.5 Å². The van der Waals surface area contributed by atoms with Gasteiger partial charge in [0.15, 0.2) is 0 Å². The van der Waals surface area contributed by atoms with Crippen molar-refractivity contribution in [1.82, 2.24) is 0 Å². The number of anilines is 2. The highest BCUT2D eigenvalue weighted by molar-refractivity contribution is 5.78. The zero-order valence-electron chi connectivity index (χ0n) is 12.1. The molecule has 0 atom stereocenters. The van der Waals surface area contributed by atoms with Gasteiger partial charge in [0, 0.05) is 26.7 Å². The lowest BCUT2D eigenvalue weighted by Crippen LogP contribution is -2.46. The van der Waals surface area contributed by atoms with Crippen LogP contribution in [0, 0.1) is 5.41 Å². The van der Waals surface area contributed by atoms with E-state index in [1.165, 1.54) is 18.5 Å². The predicted molar refractivity (Wildman–Crippen MR) is 77.7 cm³/mol. The Hall–Kier alpha value is -1.71. The Balaban J connectivity index is 2.24. The zero-order valence-corrected chi connectivity index (χ0v) is 12.1. The van der Waals surface area contributed by atoms with E-state index in [1.807, 2.05) is 26.0 Å². The molecular weight excluding hydrogens is 240 g/mol.